The van der Waals surface area contributed by atoms with Gasteiger partial charge in [-0.3, -0.25) is 14.4 Å². The summed E-state index contributed by atoms with van der Waals surface area (Å²) in [6.45, 7) is 3.80. The van der Waals surface area contributed by atoms with E-state index in [0.717, 1.165) is 37.8 Å². The van der Waals surface area contributed by atoms with Crippen molar-refractivity contribution >= 4 is 17.3 Å². The molecule has 4 rings (SSSR count). The number of fused-ring (bicyclic) bond motifs is 1. The highest BCUT2D eigenvalue weighted by molar-refractivity contribution is 7.12. The molecule has 1 N–H and O–H groups in total. The van der Waals surface area contributed by atoms with Crippen LogP contribution in [-0.4, -0.2) is 32.3 Å². The van der Waals surface area contributed by atoms with Gasteiger partial charge in [-0.15, -0.1) is 11.3 Å². The quantitative estimate of drug-likeness (QED) is 0.855. The predicted molar refractivity (Wildman–Crippen MR) is 97.8 cm³/mol. The zero-order valence-corrected chi connectivity index (χ0v) is 15.3. The maximum atomic E-state index is 10.7. The van der Waals surface area contributed by atoms with Gasteiger partial charge in [-0.05, 0) is 37.0 Å². The van der Waals surface area contributed by atoms with Crippen molar-refractivity contribution in [3.63, 3.8) is 0 Å². The number of aromatic nitrogens is 2. The van der Waals surface area contributed by atoms with Crippen LogP contribution in [0.3, 0.4) is 0 Å². The lowest BCUT2D eigenvalue weighted by Crippen LogP contribution is -2.33. The van der Waals surface area contributed by atoms with E-state index in [1.54, 1.807) is 4.88 Å². The second-order valence-corrected chi connectivity index (χ2v) is 8.44. The van der Waals surface area contributed by atoms with Crippen molar-refractivity contribution in [1.82, 2.24) is 14.7 Å². The molecule has 1 fully saturated rings. The maximum absolute atomic E-state index is 10.7. The third-order valence-electron chi connectivity index (χ3n) is 5.34. The molecule has 25 heavy (non-hydrogen) atoms. The Morgan fingerprint density at radius 2 is 2.12 bits per heavy atom. The molecule has 0 radical (unpaired) electrons. The van der Waals surface area contributed by atoms with Crippen molar-refractivity contribution in [2.75, 3.05) is 6.54 Å². The molecule has 0 atom stereocenters. The Bertz CT molecular complexity index is 746. The van der Waals surface area contributed by atoms with Gasteiger partial charge in [0.15, 0.2) is 0 Å². The zero-order valence-electron chi connectivity index (χ0n) is 14.5. The van der Waals surface area contributed by atoms with Crippen LogP contribution in [0.1, 0.15) is 59.2 Å². The van der Waals surface area contributed by atoms with Gasteiger partial charge in [-0.25, -0.2) is 0 Å². The molecule has 1 aliphatic carbocycles. The van der Waals surface area contributed by atoms with Crippen molar-refractivity contribution < 1.29 is 9.90 Å². The monoisotopic (exact) mass is 359 g/mol. The van der Waals surface area contributed by atoms with E-state index in [4.69, 9.17) is 5.11 Å². The highest BCUT2D eigenvalue weighted by Gasteiger charge is 2.21. The fourth-order valence-electron chi connectivity index (χ4n) is 4.00. The van der Waals surface area contributed by atoms with Crippen molar-refractivity contribution in [1.29, 1.82) is 0 Å². The minimum atomic E-state index is -0.761. The van der Waals surface area contributed by atoms with Crippen LogP contribution in [0.15, 0.2) is 18.2 Å². The molecule has 1 aliphatic heterocycles. The molecule has 2 aliphatic rings. The summed E-state index contributed by atoms with van der Waals surface area (Å²) < 4.78 is 2.05. The minimum absolute atomic E-state index is 0.152. The molecule has 0 spiro atoms. The van der Waals surface area contributed by atoms with E-state index in [-0.39, 0.29) is 6.42 Å². The maximum Gasteiger partial charge on any atom is 0.303 e. The van der Waals surface area contributed by atoms with E-state index < -0.39 is 5.97 Å². The van der Waals surface area contributed by atoms with Crippen LogP contribution in [-0.2, 0) is 30.8 Å². The van der Waals surface area contributed by atoms with Gasteiger partial charge >= 0.3 is 5.97 Å². The van der Waals surface area contributed by atoms with Crippen LogP contribution in [0.25, 0.3) is 0 Å². The van der Waals surface area contributed by atoms with E-state index in [9.17, 15) is 4.79 Å². The molecule has 6 heteroatoms. The lowest BCUT2D eigenvalue weighted by atomic mass is 10.1. The number of hydrogen-bond donors (Lipinski definition) is 1. The number of hydrogen-bond acceptors (Lipinski definition) is 4. The molecule has 2 aromatic heterocycles. The third kappa shape index (κ3) is 3.96. The number of aryl methyl sites for hydroxylation is 1. The normalized spacial score (nSPS) is 18.6. The molecule has 0 bridgehead atoms. The van der Waals surface area contributed by atoms with E-state index >= 15 is 0 Å². The Hall–Kier alpha value is -1.66. The second-order valence-electron chi connectivity index (χ2n) is 7.24. The first-order valence-corrected chi connectivity index (χ1v) is 10.1. The molecule has 134 valence electrons. The lowest BCUT2D eigenvalue weighted by molar-refractivity contribution is -0.136. The summed E-state index contributed by atoms with van der Waals surface area (Å²) in [5.74, 6) is 0.0432. The Kier molecular flexibility index (Phi) is 4.90. The Balaban J connectivity index is 1.36. The Morgan fingerprint density at radius 1 is 1.28 bits per heavy atom. The molecule has 3 heterocycles. The van der Waals surface area contributed by atoms with E-state index in [0.29, 0.717) is 6.42 Å². The number of carboxylic acids is 1. The van der Waals surface area contributed by atoms with Crippen LogP contribution < -0.4 is 0 Å². The highest BCUT2D eigenvalue weighted by Crippen LogP contribution is 2.38. The average Bonchev–Trinajstić information content (AvgIpc) is 3.32. The highest BCUT2D eigenvalue weighted by atomic mass is 32.1. The Labute approximate surface area is 152 Å². The van der Waals surface area contributed by atoms with Crippen LogP contribution in [0.2, 0.25) is 0 Å². The smallest absolute Gasteiger partial charge is 0.303 e. The topological polar surface area (TPSA) is 58.4 Å². The first-order valence-electron chi connectivity index (χ1n) is 9.26. The molecule has 0 unspecified atom stereocenters. The fourth-order valence-corrected chi connectivity index (χ4v) is 5.23. The first kappa shape index (κ1) is 16.8. The number of aliphatic carboxylic acids is 1. The van der Waals surface area contributed by atoms with Gasteiger partial charge in [0.05, 0.1) is 24.4 Å². The summed E-state index contributed by atoms with van der Waals surface area (Å²) in [4.78, 5) is 16.2. The van der Waals surface area contributed by atoms with Gasteiger partial charge in [0.2, 0.25) is 0 Å². The molecule has 0 amide bonds. The van der Waals surface area contributed by atoms with E-state index in [2.05, 4.69) is 28.2 Å². The molecule has 2 aromatic rings. The number of thiophene rings is 1. The zero-order chi connectivity index (χ0) is 17.2. The molecular weight excluding hydrogens is 334 g/mol. The van der Waals surface area contributed by atoms with Gasteiger partial charge in [0.1, 0.15) is 0 Å². The van der Waals surface area contributed by atoms with Crippen molar-refractivity contribution in [2.45, 2.75) is 64.1 Å². The summed E-state index contributed by atoms with van der Waals surface area (Å²) in [6.07, 6.45) is 6.17. The van der Waals surface area contributed by atoms with Gasteiger partial charge in [0, 0.05) is 35.8 Å². The van der Waals surface area contributed by atoms with Crippen molar-refractivity contribution in [3.8, 4) is 0 Å². The summed E-state index contributed by atoms with van der Waals surface area (Å²) >= 11 is 1.99. The van der Waals surface area contributed by atoms with E-state index in [1.807, 2.05) is 16.0 Å². The van der Waals surface area contributed by atoms with Gasteiger partial charge in [0.25, 0.3) is 0 Å². The third-order valence-corrected chi connectivity index (χ3v) is 6.57. The molecule has 1 saturated carbocycles. The largest absolute Gasteiger partial charge is 0.481 e. The molecule has 5 nitrogen and oxygen atoms in total. The molecule has 0 aromatic carbocycles. The van der Waals surface area contributed by atoms with Gasteiger partial charge < -0.3 is 5.11 Å². The van der Waals surface area contributed by atoms with Crippen molar-refractivity contribution in [3.05, 3.63) is 39.3 Å². The summed E-state index contributed by atoms with van der Waals surface area (Å²) in [6, 6.07) is 6.73. The average molecular weight is 359 g/mol. The SMILES string of the molecule is O=C(O)CCc1cc2n(n1)CCN(Cc1ccc(C3CCCC3)s1)C2. The summed E-state index contributed by atoms with van der Waals surface area (Å²) in [5, 5.41) is 13.4. The number of carboxylic acid groups (broad SMARTS) is 1. The number of nitrogens with zero attached hydrogens (tertiary/aromatic N) is 3. The van der Waals surface area contributed by atoms with Gasteiger partial charge in [-0.2, -0.15) is 5.10 Å². The first-order chi connectivity index (χ1) is 12.2. The van der Waals surface area contributed by atoms with E-state index in [1.165, 1.54) is 36.3 Å². The van der Waals surface area contributed by atoms with Gasteiger partial charge in [-0.1, -0.05) is 12.8 Å². The Morgan fingerprint density at radius 3 is 2.92 bits per heavy atom. The molecular formula is C19H25N3O2S. The van der Waals surface area contributed by atoms with Crippen LogP contribution in [0.4, 0.5) is 0 Å². The summed E-state index contributed by atoms with van der Waals surface area (Å²) in [5.41, 5.74) is 2.11. The predicted octanol–water partition coefficient (Wildman–Crippen LogP) is 3.64. The number of carbonyl (C=O) groups is 1. The van der Waals surface area contributed by atoms with Crippen LogP contribution >= 0.6 is 11.3 Å². The second kappa shape index (κ2) is 7.30. The standard InChI is InChI=1S/C19H25N3O2S/c23-19(24)8-5-15-11-16-12-21(9-10-22(16)20-15)13-17-6-7-18(25-17)14-3-1-2-4-14/h6-7,11,14H,1-5,8-10,12-13H2,(H,23,24). The molecule has 0 saturated heterocycles. The lowest BCUT2D eigenvalue weighted by Gasteiger charge is -2.26. The summed E-state index contributed by atoms with van der Waals surface area (Å²) in [7, 11) is 0. The van der Waals surface area contributed by atoms with Crippen LogP contribution in [0.5, 0.6) is 0 Å². The fraction of sp³-hybridized carbons (Fsp3) is 0.579. The minimum Gasteiger partial charge on any atom is -0.481 e. The number of rotatable bonds is 6. The van der Waals surface area contributed by atoms with Crippen molar-refractivity contribution in [2.24, 2.45) is 0 Å². The van der Waals surface area contributed by atoms with Crippen LogP contribution in [0, 0.1) is 0 Å².